The van der Waals surface area contributed by atoms with Gasteiger partial charge in [-0.15, -0.1) is 9.32 Å². The van der Waals surface area contributed by atoms with Crippen LogP contribution in [0.4, 0.5) is 0 Å². The molecular formula is C41H48N4O6S. The largest absolute Gasteiger partial charge is 0.452 e. The highest BCUT2D eigenvalue weighted by Crippen LogP contribution is 2.26. The zero-order valence-corrected chi connectivity index (χ0v) is 30.8. The van der Waals surface area contributed by atoms with Crippen LogP contribution in [0.5, 0.6) is 11.5 Å². The molecule has 52 heavy (non-hydrogen) atoms. The minimum atomic E-state index is -0.350. The molecule has 2 heterocycles. The van der Waals surface area contributed by atoms with Gasteiger partial charge in [0.15, 0.2) is 5.75 Å². The van der Waals surface area contributed by atoms with Crippen LogP contribution in [-0.4, -0.2) is 21.6 Å². The molecule has 0 radical (unpaired) electrons. The molecule has 3 N–H and O–H groups in total. The van der Waals surface area contributed by atoms with Crippen molar-refractivity contribution in [3.05, 3.63) is 134 Å². The van der Waals surface area contributed by atoms with Gasteiger partial charge < -0.3 is 19.2 Å². The molecule has 0 saturated carbocycles. The Morgan fingerprint density at radius 1 is 0.827 bits per heavy atom. The van der Waals surface area contributed by atoms with E-state index in [0.717, 1.165) is 84.2 Å². The van der Waals surface area contributed by atoms with Crippen molar-refractivity contribution in [3.8, 4) is 11.5 Å². The minimum Gasteiger partial charge on any atom is -0.452 e. The van der Waals surface area contributed by atoms with E-state index in [2.05, 4.69) is 28.5 Å². The quantitative estimate of drug-likeness (QED) is 0.0634. The summed E-state index contributed by atoms with van der Waals surface area (Å²) in [4.78, 5) is 43.4. The molecule has 10 nitrogen and oxygen atoms in total. The highest BCUT2D eigenvalue weighted by Gasteiger charge is 2.19. The van der Waals surface area contributed by atoms with Gasteiger partial charge in [0.2, 0.25) is 0 Å². The summed E-state index contributed by atoms with van der Waals surface area (Å²) in [5, 5.41) is 3.75. The number of aryl methyl sites for hydroxylation is 2. The normalized spacial score (nSPS) is 12.1. The van der Waals surface area contributed by atoms with Crippen molar-refractivity contribution in [2.24, 2.45) is 5.90 Å². The molecule has 6 rings (SSSR count). The van der Waals surface area contributed by atoms with E-state index in [1.807, 2.05) is 89.5 Å². The van der Waals surface area contributed by atoms with Gasteiger partial charge in [-0.25, -0.2) is 0 Å². The molecule has 0 bridgehead atoms. The average Bonchev–Trinajstić information content (AvgIpc) is 3.17. The molecule has 3 aromatic carbocycles. The fourth-order valence-corrected chi connectivity index (χ4v) is 6.67. The van der Waals surface area contributed by atoms with Crippen LogP contribution in [-0.2, 0) is 41.7 Å². The van der Waals surface area contributed by atoms with E-state index in [9.17, 15) is 14.4 Å². The van der Waals surface area contributed by atoms with E-state index >= 15 is 0 Å². The summed E-state index contributed by atoms with van der Waals surface area (Å²) < 4.78 is 14.1. The van der Waals surface area contributed by atoms with Crippen molar-refractivity contribution in [3.63, 3.8) is 0 Å². The SMILES string of the molecule is CCCCn1c(=O)c(C(=O)NCCc2ccc(SOON)cc2)cc2ccccc21.CCCCn1c2c(cc(Oc3ccccc3)c1=O)CCCC2. The Hall–Kier alpha value is -4.68. The second kappa shape index (κ2) is 19.8. The number of aromatic nitrogens is 2. The van der Waals surface area contributed by atoms with Gasteiger partial charge in [-0.05, 0) is 104 Å². The third-order valence-corrected chi connectivity index (χ3v) is 9.66. The lowest BCUT2D eigenvalue weighted by atomic mass is 9.95. The van der Waals surface area contributed by atoms with E-state index in [1.165, 1.54) is 24.1 Å². The summed E-state index contributed by atoms with van der Waals surface area (Å²) >= 11 is 1.01. The Labute approximate surface area is 309 Å². The van der Waals surface area contributed by atoms with Crippen LogP contribution in [0.2, 0.25) is 0 Å². The van der Waals surface area contributed by atoms with Crippen molar-refractivity contribution in [2.45, 2.75) is 89.6 Å². The summed E-state index contributed by atoms with van der Waals surface area (Å²) in [6.45, 7) is 6.05. The Kier molecular flexibility index (Phi) is 14.7. The lowest BCUT2D eigenvalue weighted by Gasteiger charge is -2.22. The third-order valence-electron chi connectivity index (χ3n) is 9.05. The molecule has 1 aliphatic rings. The lowest BCUT2D eigenvalue weighted by molar-refractivity contribution is -0.195. The predicted molar refractivity (Wildman–Crippen MR) is 207 cm³/mol. The highest BCUT2D eigenvalue weighted by atomic mass is 32.2. The van der Waals surface area contributed by atoms with E-state index in [0.29, 0.717) is 25.3 Å². The number of nitrogens with two attached hydrogens (primary N) is 1. The summed E-state index contributed by atoms with van der Waals surface area (Å²) in [6, 6.07) is 28.5. The van der Waals surface area contributed by atoms with Crippen molar-refractivity contribution < 1.29 is 18.9 Å². The summed E-state index contributed by atoms with van der Waals surface area (Å²) in [6.07, 6.45) is 9.05. The Morgan fingerprint density at radius 2 is 1.52 bits per heavy atom. The maximum atomic E-state index is 13.0. The van der Waals surface area contributed by atoms with E-state index < -0.39 is 0 Å². The number of fused-ring (bicyclic) bond motifs is 2. The van der Waals surface area contributed by atoms with Crippen LogP contribution in [0.25, 0.3) is 10.9 Å². The lowest BCUT2D eigenvalue weighted by Crippen LogP contribution is -2.34. The monoisotopic (exact) mass is 724 g/mol. The van der Waals surface area contributed by atoms with Gasteiger partial charge >= 0.3 is 0 Å². The van der Waals surface area contributed by atoms with E-state index in [1.54, 1.807) is 10.6 Å². The van der Waals surface area contributed by atoms with Gasteiger partial charge in [0.25, 0.3) is 17.0 Å². The molecule has 11 heteroatoms. The van der Waals surface area contributed by atoms with Crippen LogP contribution < -0.4 is 27.1 Å². The first-order valence-electron chi connectivity index (χ1n) is 18.1. The van der Waals surface area contributed by atoms with Crippen LogP contribution >= 0.6 is 12.0 Å². The maximum absolute atomic E-state index is 13.0. The van der Waals surface area contributed by atoms with Crippen molar-refractivity contribution in [2.75, 3.05) is 6.54 Å². The summed E-state index contributed by atoms with van der Waals surface area (Å²) in [5.74, 6) is 5.65. The number of hydrogen-bond donors (Lipinski definition) is 2. The maximum Gasteiger partial charge on any atom is 0.293 e. The Balaban J connectivity index is 0.000000210. The molecule has 0 saturated heterocycles. The Bertz CT molecular complexity index is 2030. The molecular weight excluding hydrogens is 677 g/mol. The van der Waals surface area contributed by atoms with Gasteiger partial charge in [-0.3, -0.25) is 14.4 Å². The number of amides is 1. The number of ether oxygens (including phenoxy) is 1. The minimum absolute atomic E-state index is 0.0120. The highest BCUT2D eigenvalue weighted by molar-refractivity contribution is 7.94. The number of rotatable bonds is 15. The van der Waals surface area contributed by atoms with Gasteiger partial charge in [0.05, 0.1) is 17.6 Å². The van der Waals surface area contributed by atoms with E-state index in [-0.39, 0.29) is 22.6 Å². The average molecular weight is 725 g/mol. The first-order chi connectivity index (χ1) is 25.4. The molecule has 0 spiro atoms. The van der Waals surface area contributed by atoms with Gasteiger partial charge in [0, 0.05) is 30.2 Å². The van der Waals surface area contributed by atoms with Crippen LogP contribution in [0.15, 0.2) is 105 Å². The van der Waals surface area contributed by atoms with Gasteiger partial charge in [0.1, 0.15) is 11.3 Å². The standard InChI is InChI=1S/C22H25N3O4S.C19H23NO2/c1-2-3-14-25-20-7-5-4-6-17(20)15-19(22(25)27)21(26)24-13-12-16-8-10-18(11-9-16)30-29-28-23;1-2-3-13-20-17-12-8-7-9-15(17)14-18(19(20)21)22-16-10-5-4-6-11-16/h4-11,15H,2-3,12-14,23H2,1H3,(H,24,26);4-6,10-11,14H,2-3,7-9,12-13H2,1H3. The first-order valence-corrected chi connectivity index (χ1v) is 18.9. The molecule has 0 unspecified atom stereocenters. The molecule has 2 aromatic heterocycles. The number of nitrogens with one attached hydrogen (secondary N) is 1. The van der Waals surface area contributed by atoms with Crippen molar-refractivity contribution in [1.82, 2.24) is 14.5 Å². The smallest absolute Gasteiger partial charge is 0.293 e. The number of pyridine rings is 2. The predicted octanol–water partition coefficient (Wildman–Crippen LogP) is 7.92. The third kappa shape index (κ3) is 10.2. The zero-order valence-electron chi connectivity index (χ0n) is 30.0. The van der Waals surface area contributed by atoms with Crippen molar-refractivity contribution in [1.29, 1.82) is 0 Å². The fraction of sp³-hybridized carbons (Fsp3) is 0.341. The number of para-hydroxylation sites is 2. The second-order valence-electron chi connectivity index (χ2n) is 12.7. The van der Waals surface area contributed by atoms with Crippen LogP contribution in [0.3, 0.4) is 0 Å². The fourth-order valence-electron chi connectivity index (χ4n) is 6.31. The molecule has 5 aromatic rings. The van der Waals surface area contributed by atoms with Crippen LogP contribution in [0.1, 0.15) is 79.6 Å². The number of nitrogens with zero attached hydrogens (tertiary/aromatic N) is 2. The number of hydrogen-bond acceptors (Lipinski definition) is 8. The van der Waals surface area contributed by atoms with Crippen molar-refractivity contribution >= 4 is 28.9 Å². The van der Waals surface area contributed by atoms with Crippen LogP contribution in [0, 0.1) is 0 Å². The number of benzene rings is 3. The Morgan fingerprint density at radius 3 is 2.25 bits per heavy atom. The van der Waals surface area contributed by atoms with Gasteiger partial charge in [-0.1, -0.05) is 75.2 Å². The summed E-state index contributed by atoms with van der Waals surface area (Å²) in [5.41, 5.74) is 4.36. The number of unbranched alkanes of at least 4 members (excludes halogenated alkanes) is 2. The number of carbonyl (C=O) groups is 1. The second-order valence-corrected chi connectivity index (χ2v) is 13.5. The molecule has 274 valence electrons. The topological polar surface area (TPSA) is 127 Å². The first kappa shape index (κ1) is 38.5. The molecule has 0 aliphatic heterocycles. The molecule has 1 aliphatic carbocycles. The molecule has 0 fully saturated rings. The summed E-state index contributed by atoms with van der Waals surface area (Å²) in [7, 11) is 0. The zero-order chi connectivity index (χ0) is 36.7. The molecule has 0 atom stereocenters. The number of carbonyl (C=O) groups excluding carboxylic acids is 1. The molecule has 1 amide bonds. The van der Waals surface area contributed by atoms with Gasteiger partial charge in [-0.2, -0.15) is 5.90 Å². The van der Waals surface area contributed by atoms with E-state index in [4.69, 9.17) is 10.6 Å².